The maximum absolute atomic E-state index is 12.4. The topological polar surface area (TPSA) is 69.6 Å². The second kappa shape index (κ2) is 6.94. The molecule has 0 saturated carbocycles. The van der Waals surface area contributed by atoms with E-state index in [2.05, 4.69) is 0 Å². The third-order valence-electron chi connectivity index (χ3n) is 4.31. The number of carbonyl (C=O) groups excluding carboxylic acids is 1. The molecule has 4 nitrogen and oxygen atoms in total. The Balaban J connectivity index is 0.00000182. The number of phenols is 1. The van der Waals surface area contributed by atoms with E-state index in [-0.39, 0.29) is 62.9 Å². The molecule has 1 unspecified atom stereocenters. The van der Waals surface area contributed by atoms with E-state index in [1.54, 1.807) is 48.5 Å². The summed E-state index contributed by atoms with van der Waals surface area (Å²) in [5.41, 5.74) is 1.48. The summed E-state index contributed by atoms with van der Waals surface area (Å²) in [7, 11) is 0. The Kier molecular flexibility index (Phi) is 5.04. The van der Waals surface area contributed by atoms with Crippen LogP contribution in [0.25, 0.3) is 0 Å². The average molecular weight is 356 g/mol. The first kappa shape index (κ1) is 18.2. The number of aromatic hydroxyl groups is 1. The number of esters is 1. The van der Waals surface area contributed by atoms with Crippen molar-refractivity contribution in [1.82, 2.24) is 0 Å². The molecular formula is C20H13KO4. The zero-order valence-corrected chi connectivity index (χ0v) is 16.7. The standard InChI is InChI=1S/C20H14O4.K/c21-15-9-5-13(6-10-15)20(14-7-11-16(22)12-8-14)18-4-2-1-3-17(18)19(23)24-20;/h1-12,21-22H;/q;+1/p-1. The minimum atomic E-state index is -1.13. The summed E-state index contributed by atoms with van der Waals surface area (Å²) in [5.74, 6) is -0.400. The van der Waals surface area contributed by atoms with Crippen LogP contribution < -0.4 is 56.5 Å². The maximum Gasteiger partial charge on any atom is 1.00 e. The zero-order valence-electron chi connectivity index (χ0n) is 13.6. The van der Waals surface area contributed by atoms with Gasteiger partial charge in [-0.05, 0) is 18.2 Å². The molecule has 0 spiro atoms. The molecule has 4 rings (SSSR count). The van der Waals surface area contributed by atoms with Gasteiger partial charge in [0.1, 0.15) is 5.75 Å². The van der Waals surface area contributed by atoms with Crippen LogP contribution in [0.4, 0.5) is 0 Å². The van der Waals surface area contributed by atoms with Crippen molar-refractivity contribution in [2.45, 2.75) is 5.60 Å². The second-order valence-corrected chi connectivity index (χ2v) is 5.69. The predicted molar refractivity (Wildman–Crippen MR) is 85.7 cm³/mol. The van der Waals surface area contributed by atoms with Crippen molar-refractivity contribution >= 4 is 5.97 Å². The fraction of sp³-hybridized carbons (Fsp3) is 0.0500. The molecule has 3 aromatic carbocycles. The van der Waals surface area contributed by atoms with Crippen LogP contribution in [0, 0.1) is 0 Å². The van der Waals surface area contributed by atoms with Crippen molar-refractivity contribution in [2.24, 2.45) is 0 Å². The molecule has 25 heavy (non-hydrogen) atoms. The maximum atomic E-state index is 12.4. The van der Waals surface area contributed by atoms with Gasteiger partial charge in [0.2, 0.25) is 0 Å². The van der Waals surface area contributed by atoms with Crippen LogP contribution in [0.15, 0.2) is 72.8 Å². The number of phenolic OH excluding ortho intramolecular Hbond substituents is 1. The van der Waals surface area contributed by atoms with Crippen molar-refractivity contribution in [2.75, 3.05) is 0 Å². The molecule has 1 aliphatic heterocycles. The molecule has 118 valence electrons. The van der Waals surface area contributed by atoms with Gasteiger partial charge in [0.05, 0.1) is 5.56 Å². The van der Waals surface area contributed by atoms with Crippen LogP contribution in [0.5, 0.6) is 11.5 Å². The van der Waals surface area contributed by atoms with E-state index in [4.69, 9.17) is 4.74 Å². The SMILES string of the molecule is O=C1OC(c2ccc([O-])cc2)(c2ccc(O)cc2)c2ccccc21.[K+]. The van der Waals surface area contributed by atoms with Gasteiger partial charge in [0, 0.05) is 16.7 Å². The van der Waals surface area contributed by atoms with E-state index in [1.165, 1.54) is 12.1 Å². The number of carbonyl (C=O) groups is 1. The number of rotatable bonds is 2. The fourth-order valence-electron chi connectivity index (χ4n) is 3.20. The first-order chi connectivity index (χ1) is 11.6. The van der Waals surface area contributed by atoms with E-state index >= 15 is 0 Å². The van der Waals surface area contributed by atoms with E-state index in [1.807, 2.05) is 12.1 Å². The Morgan fingerprint density at radius 1 is 0.840 bits per heavy atom. The quantitative estimate of drug-likeness (QED) is 0.516. The Morgan fingerprint density at radius 2 is 1.40 bits per heavy atom. The van der Waals surface area contributed by atoms with Gasteiger partial charge in [0.15, 0.2) is 5.60 Å². The van der Waals surface area contributed by atoms with Gasteiger partial charge in [-0.3, -0.25) is 0 Å². The molecule has 0 saturated heterocycles. The molecule has 1 heterocycles. The third kappa shape index (κ3) is 2.92. The zero-order chi connectivity index (χ0) is 16.7. The summed E-state index contributed by atoms with van der Waals surface area (Å²) in [4.78, 5) is 12.4. The predicted octanol–water partition coefficient (Wildman–Crippen LogP) is -0.0679. The van der Waals surface area contributed by atoms with E-state index < -0.39 is 11.6 Å². The Labute approximate surface area is 187 Å². The van der Waals surface area contributed by atoms with Gasteiger partial charge < -0.3 is 14.9 Å². The molecular weight excluding hydrogens is 343 g/mol. The molecule has 3 aromatic rings. The number of ether oxygens (including phenoxy) is 1. The Bertz CT molecular complexity index is 872. The van der Waals surface area contributed by atoms with Crippen molar-refractivity contribution < 1.29 is 71.1 Å². The van der Waals surface area contributed by atoms with Crippen LogP contribution in [-0.4, -0.2) is 11.1 Å². The van der Waals surface area contributed by atoms with Crippen molar-refractivity contribution in [3.05, 3.63) is 95.1 Å². The summed E-state index contributed by atoms with van der Waals surface area (Å²) < 4.78 is 5.85. The Morgan fingerprint density at radius 3 is 2.04 bits per heavy atom. The Hall–Kier alpha value is -1.63. The van der Waals surface area contributed by atoms with E-state index in [9.17, 15) is 15.0 Å². The van der Waals surface area contributed by atoms with Crippen molar-refractivity contribution in [3.8, 4) is 11.5 Å². The summed E-state index contributed by atoms with van der Waals surface area (Å²) in [6.07, 6.45) is 0. The van der Waals surface area contributed by atoms with Gasteiger partial charge in [-0.2, -0.15) is 0 Å². The van der Waals surface area contributed by atoms with E-state index in [0.29, 0.717) is 16.7 Å². The number of hydrogen-bond donors (Lipinski definition) is 1. The summed E-state index contributed by atoms with van der Waals surface area (Å²) >= 11 is 0. The van der Waals surface area contributed by atoms with Crippen LogP contribution in [0.3, 0.4) is 0 Å². The minimum Gasteiger partial charge on any atom is -0.872 e. The first-order valence-corrected chi connectivity index (χ1v) is 7.51. The molecule has 0 aliphatic carbocycles. The summed E-state index contributed by atoms with van der Waals surface area (Å²) in [6.45, 7) is 0. The number of cyclic esters (lactones) is 1. The molecule has 0 aromatic heterocycles. The van der Waals surface area contributed by atoms with Crippen molar-refractivity contribution in [1.29, 1.82) is 0 Å². The number of fused-ring (bicyclic) bond motifs is 1. The third-order valence-corrected chi connectivity index (χ3v) is 4.31. The largest absolute Gasteiger partial charge is 1.00 e. The molecule has 5 heteroatoms. The van der Waals surface area contributed by atoms with Crippen LogP contribution in [-0.2, 0) is 10.3 Å². The van der Waals surface area contributed by atoms with Crippen LogP contribution in [0.1, 0.15) is 27.0 Å². The number of hydrogen-bond acceptors (Lipinski definition) is 4. The average Bonchev–Trinajstić information content (AvgIpc) is 2.91. The van der Waals surface area contributed by atoms with Crippen molar-refractivity contribution in [3.63, 3.8) is 0 Å². The van der Waals surface area contributed by atoms with Gasteiger partial charge in [0.25, 0.3) is 0 Å². The molecule has 1 N–H and O–H groups in total. The summed E-state index contributed by atoms with van der Waals surface area (Å²) in [6, 6.07) is 20.0. The number of benzene rings is 3. The molecule has 0 radical (unpaired) electrons. The van der Waals surface area contributed by atoms with Crippen LogP contribution >= 0.6 is 0 Å². The second-order valence-electron chi connectivity index (χ2n) is 5.69. The smallest absolute Gasteiger partial charge is 0.872 e. The molecule has 1 aliphatic rings. The molecule has 0 fully saturated rings. The first-order valence-electron chi connectivity index (χ1n) is 7.51. The van der Waals surface area contributed by atoms with Gasteiger partial charge in [-0.15, -0.1) is 5.75 Å². The normalized spacial score (nSPS) is 18.2. The molecule has 1 atom stereocenters. The van der Waals surface area contributed by atoms with Gasteiger partial charge >= 0.3 is 57.4 Å². The van der Waals surface area contributed by atoms with Gasteiger partial charge in [-0.25, -0.2) is 4.79 Å². The molecule has 0 amide bonds. The van der Waals surface area contributed by atoms with E-state index in [0.717, 1.165) is 5.56 Å². The molecule has 0 bridgehead atoms. The summed E-state index contributed by atoms with van der Waals surface area (Å²) in [5, 5.41) is 21.1. The van der Waals surface area contributed by atoms with Crippen LogP contribution in [0.2, 0.25) is 0 Å². The van der Waals surface area contributed by atoms with Gasteiger partial charge in [-0.1, -0.05) is 54.6 Å². The minimum absolute atomic E-state index is 0. The fourth-order valence-corrected chi connectivity index (χ4v) is 3.20. The monoisotopic (exact) mass is 356 g/mol.